The number of nitrogens with zero attached hydrogens (tertiary/aromatic N) is 3. The van der Waals surface area contributed by atoms with Crippen molar-refractivity contribution in [3.8, 4) is 0 Å². The van der Waals surface area contributed by atoms with E-state index in [0.29, 0.717) is 16.9 Å². The number of nitrogen functional groups attached to an aromatic ring is 1. The molecule has 0 fully saturated rings. The number of carboxylic acid groups (broad SMARTS) is 1. The molecule has 0 aliphatic carbocycles. The molecule has 0 bridgehead atoms. The number of fused-ring (bicyclic) bond motifs is 3. The summed E-state index contributed by atoms with van der Waals surface area (Å²) < 4.78 is 33.7. The summed E-state index contributed by atoms with van der Waals surface area (Å²) in [4.78, 5) is 30.1. The molecule has 2 aromatic carbocycles. The van der Waals surface area contributed by atoms with Gasteiger partial charge in [0.2, 0.25) is 5.62 Å². The summed E-state index contributed by atoms with van der Waals surface area (Å²) in [5, 5.41) is 11.5. The van der Waals surface area contributed by atoms with E-state index in [1.54, 1.807) is 24.3 Å². The monoisotopic (exact) mass is 419 g/mol. The summed E-state index contributed by atoms with van der Waals surface area (Å²) in [6.45, 7) is 1.53. The number of nitrogens with one attached hydrogen (secondary N) is 1. The third kappa shape index (κ3) is 4.57. The van der Waals surface area contributed by atoms with Crippen LogP contribution in [0.4, 0.5) is 24.7 Å². The maximum Gasteiger partial charge on any atom is 0.490 e. The van der Waals surface area contributed by atoms with Crippen LogP contribution in [0, 0.1) is 0 Å². The number of amides is 1. The molecule has 0 unspecified atom stereocenters. The molecule has 0 saturated carbocycles. The van der Waals surface area contributed by atoms with Crippen molar-refractivity contribution in [2.75, 3.05) is 17.6 Å². The van der Waals surface area contributed by atoms with Crippen LogP contribution in [0.1, 0.15) is 10.4 Å². The Morgan fingerprint density at radius 1 is 1.17 bits per heavy atom. The van der Waals surface area contributed by atoms with Crippen LogP contribution >= 0.6 is 0 Å². The molecule has 1 amide bonds. The van der Waals surface area contributed by atoms with Crippen molar-refractivity contribution < 1.29 is 27.9 Å². The lowest BCUT2D eigenvalue weighted by molar-refractivity contribution is -0.192. The molecule has 1 aromatic heterocycles. The number of carbonyl (C=O) groups is 2. The molecule has 30 heavy (non-hydrogen) atoms. The van der Waals surface area contributed by atoms with Crippen LogP contribution in [0.25, 0.3) is 10.9 Å². The van der Waals surface area contributed by atoms with Gasteiger partial charge in [-0.2, -0.15) is 18.2 Å². The third-order valence-electron chi connectivity index (χ3n) is 4.10. The van der Waals surface area contributed by atoms with Crippen molar-refractivity contribution in [2.24, 2.45) is 4.99 Å². The highest BCUT2D eigenvalue weighted by atomic mass is 19.4. The molecular formula is C19H16F3N5O3. The standard InChI is InChI=1S/C17H15N5O.C2HF3O2/c18-12-5-3-4-11(10-12)16(23)21-17-20-14-7-2-1-6-13(14)15-19-8-9-22(15)17;3-2(4,5)1(6)7/h1-7,10,19H,8-9,18H2;(H,6,7). The second-order valence-electron chi connectivity index (χ2n) is 6.20. The van der Waals surface area contributed by atoms with Crippen LogP contribution in [0.3, 0.4) is 0 Å². The quantitative estimate of drug-likeness (QED) is 0.521. The normalized spacial score (nSPS) is 13.2. The highest BCUT2D eigenvalue weighted by Crippen LogP contribution is 2.22. The van der Waals surface area contributed by atoms with Gasteiger partial charge in [-0.1, -0.05) is 18.2 Å². The maximum atomic E-state index is 12.4. The summed E-state index contributed by atoms with van der Waals surface area (Å²) in [5.74, 6) is -2.15. The zero-order chi connectivity index (χ0) is 21.9. The van der Waals surface area contributed by atoms with Crippen LogP contribution in [0.5, 0.6) is 0 Å². The first-order valence-corrected chi connectivity index (χ1v) is 8.65. The predicted molar refractivity (Wildman–Crippen MR) is 103 cm³/mol. The number of carbonyl (C=O) groups excluding carboxylic acids is 1. The van der Waals surface area contributed by atoms with Crippen molar-refractivity contribution in [1.82, 2.24) is 9.55 Å². The molecule has 1 aliphatic heterocycles. The second kappa shape index (κ2) is 8.23. The fourth-order valence-corrected chi connectivity index (χ4v) is 2.79. The lowest BCUT2D eigenvalue weighted by Crippen LogP contribution is -2.24. The van der Waals surface area contributed by atoms with E-state index in [2.05, 4.69) is 15.3 Å². The Morgan fingerprint density at radius 3 is 2.53 bits per heavy atom. The fourth-order valence-electron chi connectivity index (χ4n) is 2.79. The number of alkyl halides is 3. The zero-order valence-electron chi connectivity index (χ0n) is 15.3. The Labute approximate surface area is 167 Å². The summed E-state index contributed by atoms with van der Waals surface area (Å²) in [7, 11) is 0. The number of aromatic nitrogens is 2. The molecule has 0 radical (unpaired) electrons. The van der Waals surface area contributed by atoms with Gasteiger partial charge in [0.05, 0.1) is 5.52 Å². The zero-order valence-corrected chi connectivity index (χ0v) is 15.3. The summed E-state index contributed by atoms with van der Waals surface area (Å²) >= 11 is 0. The number of halogens is 3. The Morgan fingerprint density at radius 2 is 1.87 bits per heavy atom. The molecule has 3 aromatic rings. The third-order valence-corrected chi connectivity index (χ3v) is 4.10. The summed E-state index contributed by atoms with van der Waals surface area (Å²) in [5.41, 5.74) is 7.95. The van der Waals surface area contributed by atoms with E-state index >= 15 is 0 Å². The van der Waals surface area contributed by atoms with Crippen LogP contribution in [-0.4, -0.2) is 39.3 Å². The van der Waals surface area contributed by atoms with Gasteiger partial charge >= 0.3 is 12.1 Å². The van der Waals surface area contributed by atoms with Gasteiger partial charge in [-0.25, -0.2) is 9.78 Å². The molecule has 2 heterocycles. The van der Waals surface area contributed by atoms with Gasteiger partial charge in [0.25, 0.3) is 5.91 Å². The first-order chi connectivity index (χ1) is 14.2. The lowest BCUT2D eigenvalue weighted by Gasteiger charge is -2.07. The molecule has 8 nitrogen and oxygen atoms in total. The van der Waals surface area contributed by atoms with E-state index < -0.39 is 12.1 Å². The molecule has 4 rings (SSSR count). The molecule has 11 heteroatoms. The molecule has 0 spiro atoms. The van der Waals surface area contributed by atoms with Crippen molar-refractivity contribution in [3.05, 3.63) is 59.7 Å². The average Bonchev–Trinajstić information content (AvgIpc) is 3.18. The number of aliphatic carboxylic acids is 1. The van der Waals surface area contributed by atoms with E-state index in [0.717, 1.165) is 29.8 Å². The van der Waals surface area contributed by atoms with Crippen LogP contribution < -0.4 is 16.7 Å². The summed E-state index contributed by atoms with van der Waals surface area (Å²) in [6.07, 6.45) is -5.08. The number of anilines is 2. The van der Waals surface area contributed by atoms with Crippen molar-refractivity contribution in [3.63, 3.8) is 0 Å². The average molecular weight is 419 g/mol. The lowest BCUT2D eigenvalue weighted by atomic mass is 10.2. The van der Waals surface area contributed by atoms with E-state index in [1.165, 1.54) is 0 Å². The van der Waals surface area contributed by atoms with E-state index in [1.807, 2.05) is 28.8 Å². The molecule has 0 saturated heterocycles. The largest absolute Gasteiger partial charge is 0.490 e. The minimum Gasteiger partial charge on any atom is -0.475 e. The topological polar surface area (TPSA) is 123 Å². The van der Waals surface area contributed by atoms with Crippen molar-refractivity contribution >= 4 is 34.3 Å². The Bertz CT molecular complexity index is 1190. The molecule has 0 atom stereocenters. The van der Waals surface area contributed by atoms with Gasteiger partial charge in [-0.15, -0.1) is 0 Å². The van der Waals surface area contributed by atoms with E-state index in [4.69, 9.17) is 15.6 Å². The van der Waals surface area contributed by atoms with Crippen LogP contribution in [-0.2, 0) is 11.3 Å². The van der Waals surface area contributed by atoms with Gasteiger partial charge in [0, 0.05) is 29.7 Å². The number of nitrogens with two attached hydrogens (primary N) is 1. The molecular weight excluding hydrogens is 403 g/mol. The van der Waals surface area contributed by atoms with Gasteiger partial charge in [-0.3, -0.25) is 9.36 Å². The minimum absolute atomic E-state index is 0.346. The maximum absolute atomic E-state index is 12.4. The van der Waals surface area contributed by atoms with Gasteiger partial charge < -0.3 is 16.2 Å². The van der Waals surface area contributed by atoms with Gasteiger partial charge in [0.15, 0.2) is 0 Å². The number of benzene rings is 2. The first-order valence-electron chi connectivity index (χ1n) is 8.65. The van der Waals surface area contributed by atoms with Gasteiger partial charge in [-0.05, 0) is 30.3 Å². The van der Waals surface area contributed by atoms with Crippen LogP contribution in [0.15, 0.2) is 53.5 Å². The van der Waals surface area contributed by atoms with E-state index in [-0.39, 0.29) is 5.91 Å². The molecule has 4 N–H and O–H groups in total. The van der Waals surface area contributed by atoms with E-state index in [9.17, 15) is 18.0 Å². The van der Waals surface area contributed by atoms with Gasteiger partial charge in [0.1, 0.15) is 5.82 Å². The number of hydrogen-bond acceptors (Lipinski definition) is 5. The molecule has 156 valence electrons. The fraction of sp³-hybridized carbons (Fsp3) is 0.158. The Kier molecular flexibility index (Phi) is 5.72. The second-order valence-corrected chi connectivity index (χ2v) is 6.20. The minimum atomic E-state index is -5.08. The highest BCUT2D eigenvalue weighted by molar-refractivity contribution is 5.96. The Hall–Kier alpha value is -3.89. The highest BCUT2D eigenvalue weighted by Gasteiger charge is 2.38. The first kappa shape index (κ1) is 20.8. The SMILES string of the molecule is Nc1cccc(C(=O)N=c2nc3ccccc3c3n2CCN3)c1.O=C(O)C(F)(F)F. The van der Waals surface area contributed by atoms with Crippen molar-refractivity contribution in [2.45, 2.75) is 12.7 Å². The number of para-hydroxylation sites is 1. The number of rotatable bonds is 1. The smallest absolute Gasteiger partial charge is 0.475 e. The summed E-state index contributed by atoms with van der Waals surface area (Å²) in [6, 6.07) is 14.6. The Balaban J connectivity index is 0.000000318. The molecule has 1 aliphatic rings. The number of carboxylic acids is 1. The number of hydrogen-bond donors (Lipinski definition) is 3. The predicted octanol–water partition coefficient (Wildman–Crippen LogP) is 2.42. The van der Waals surface area contributed by atoms with Crippen LogP contribution in [0.2, 0.25) is 0 Å². The van der Waals surface area contributed by atoms with Crippen molar-refractivity contribution in [1.29, 1.82) is 0 Å².